The fourth-order valence-corrected chi connectivity index (χ4v) is 4.29. The van der Waals surface area contributed by atoms with Gasteiger partial charge in [-0.2, -0.15) is 0 Å². The van der Waals surface area contributed by atoms with E-state index >= 15 is 0 Å². The van der Waals surface area contributed by atoms with Crippen LogP contribution in [0.2, 0.25) is 0 Å². The summed E-state index contributed by atoms with van der Waals surface area (Å²) in [6, 6.07) is 17.9. The molecule has 2 amide bonds. The van der Waals surface area contributed by atoms with Gasteiger partial charge in [-0.15, -0.1) is 0 Å². The van der Waals surface area contributed by atoms with Crippen LogP contribution in [0.1, 0.15) is 36.9 Å². The zero-order valence-corrected chi connectivity index (χ0v) is 16.7. The first-order chi connectivity index (χ1) is 13.4. The molecule has 28 heavy (non-hydrogen) atoms. The van der Waals surface area contributed by atoms with E-state index in [1.807, 2.05) is 48.5 Å². The number of benzene rings is 2. The quantitative estimate of drug-likeness (QED) is 0.597. The monoisotopic (exact) mass is 402 g/mol. The van der Waals surface area contributed by atoms with Crippen molar-refractivity contribution < 1.29 is 18.0 Å². The lowest BCUT2D eigenvalue weighted by Gasteiger charge is -2.18. The molecule has 0 bridgehead atoms. The predicted octanol–water partition coefficient (Wildman–Crippen LogP) is 2.38. The first-order valence-corrected chi connectivity index (χ1v) is 11.0. The lowest BCUT2D eigenvalue weighted by atomic mass is 10.0. The van der Waals surface area contributed by atoms with Gasteiger partial charge in [-0.1, -0.05) is 60.7 Å². The molecular weight excluding hydrogens is 376 g/mol. The van der Waals surface area contributed by atoms with Crippen molar-refractivity contribution in [2.45, 2.75) is 31.6 Å². The molecule has 0 aliphatic heterocycles. The fraction of sp³-hybridized carbons (Fsp3) is 0.333. The highest BCUT2D eigenvalue weighted by molar-refractivity contribution is 7.90. The molecule has 0 aliphatic rings. The fourth-order valence-electron chi connectivity index (χ4n) is 2.86. The number of nitrogens with one attached hydrogen (secondary N) is 2. The van der Waals surface area contributed by atoms with Crippen LogP contribution >= 0.6 is 0 Å². The Balaban J connectivity index is 1.78. The molecule has 0 spiro atoms. The smallest absolute Gasteiger partial charge is 0.222 e. The SMILES string of the molecule is CC(=O)NC(CC(=O)NCCCS(=O)(=O)Cc1ccccc1)c1ccccc1. The zero-order valence-electron chi connectivity index (χ0n) is 15.9. The van der Waals surface area contributed by atoms with Gasteiger partial charge in [0.25, 0.3) is 0 Å². The second kappa shape index (κ2) is 10.6. The van der Waals surface area contributed by atoms with E-state index < -0.39 is 15.9 Å². The molecule has 2 aromatic carbocycles. The lowest BCUT2D eigenvalue weighted by molar-refractivity contribution is -0.122. The van der Waals surface area contributed by atoms with Crippen LogP contribution in [0.25, 0.3) is 0 Å². The van der Waals surface area contributed by atoms with Gasteiger partial charge in [0.05, 0.1) is 24.0 Å². The largest absolute Gasteiger partial charge is 0.356 e. The number of carbonyl (C=O) groups excluding carboxylic acids is 2. The Bertz CT molecular complexity index is 868. The minimum Gasteiger partial charge on any atom is -0.356 e. The lowest BCUT2D eigenvalue weighted by Crippen LogP contribution is -2.33. The molecule has 2 N–H and O–H groups in total. The molecule has 0 fully saturated rings. The standard InChI is InChI=1S/C21H26N2O4S/c1-17(24)23-20(19-11-6-3-7-12-19)15-21(25)22-13-8-14-28(26,27)16-18-9-4-2-5-10-18/h2-7,9-12,20H,8,13-16H2,1H3,(H,22,25)(H,23,24). The summed E-state index contributed by atoms with van der Waals surface area (Å²) in [6.45, 7) is 1.68. The molecule has 0 heterocycles. The van der Waals surface area contributed by atoms with E-state index in [1.54, 1.807) is 12.1 Å². The molecule has 6 nitrogen and oxygen atoms in total. The van der Waals surface area contributed by atoms with Gasteiger partial charge >= 0.3 is 0 Å². The second-order valence-corrected chi connectivity index (χ2v) is 8.83. The Hall–Kier alpha value is -2.67. The molecule has 0 aliphatic carbocycles. The Morgan fingerprint density at radius 2 is 1.57 bits per heavy atom. The first-order valence-electron chi connectivity index (χ1n) is 9.19. The van der Waals surface area contributed by atoms with Crippen molar-refractivity contribution in [3.8, 4) is 0 Å². The Kier molecular flexibility index (Phi) is 8.19. The van der Waals surface area contributed by atoms with Crippen LogP contribution in [0.4, 0.5) is 0 Å². The van der Waals surface area contributed by atoms with Crippen molar-refractivity contribution in [2.24, 2.45) is 0 Å². The molecule has 0 aromatic heterocycles. The predicted molar refractivity (Wildman–Crippen MR) is 109 cm³/mol. The number of rotatable bonds is 10. The first kappa shape index (κ1) is 21.6. The average molecular weight is 403 g/mol. The maximum Gasteiger partial charge on any atom is 0.222 e. The van der Waals surface area contributed by atoms with Gasteiger partial charge in [0, 0.05) is 13.5 Å². The molecule has 1 atom stereocenters. The molecule has 2 rings (SSSR count). The summed E-state index contributed by atoms with van der Waals surface area (Å²) in [5.41, 5.74) is 1.60. The van der Waals surface area contributed by atoms with Crippen LogP contribution in [0.3, 0.4) is 0 Å². The van der Waals surface area contributed by atoms with E-state index in [-0.39, 0.29) is 36.3 Å². The van der Waals surface area contributed by atoms with Crippen LogP contribution in [0.5, 0.6) is 0 Å². The van der Waals surface area contributed by atoms with E-state index in [9.17, 15) is 18.0 Å². The van der Waals surface area contributed by atoms with Gasteiger partial charge in [-0.3, -0.25) is 9.59 Å². The molecule has 150 valence electrons. The van der Waals surface area contributed by atoms with E-state index in [4.69, 9.17) is 0 Å². The Morgan fingerprint density at radius 1 is 0.964 bits per heavy atom. The van der Waals surface area contributed by atoms with Crippen molar-refractivity contribution >= 4 is 21.7 Å². The molecule has 0 saturated heterocycles. The molecule has 7 heteroatoms. The molecular formula is C21H26N2O4S. The minimum atomic E-state index is -3.22. The maximum absolute atomic E-state index is 12.2. The van der Waals surface area contributed by atoms with Crippen LogP contribution < -0.4 is 10.6 Å². The summed E-state index contributed by atoms with van der Waals surface area (Å²) in [4.78, 5) is 23.6. The number of carbonyl (C=O) groups is 2. The van der Waals surface area contributed by atoms with Crippen molar-refractivity contribution in [1.82, 2.24) is 10.6 Å². The van der Waals surface area contributed by atoms with Crippen LogP contribution in [0.15, 0.2) is 60.7 Å². The van der Waals surface area contributed by atoms with E-state index in [2.05, 4.69) is 10.6 Å². The molecule has 0 saturated carbocycles. The number of sulfone groups is 1. The van der Waals surface area contributed by atoms with Crippen molar-refractivity contribution in [3.63, 3.8) is 0 Å². The summed E-state index contributed by atoms with van der Waals surface area (Å²) >= 11 is 0. The summed E-state index contributed by atoms with van der Waals surface area (Å²) in [5.74, 6) is -0.437. The topological polar surface area (TPSA) is 92.3 Å². The van der Waals surface area contributed by atoms with Gasteiger partial charge in [-0.05, 0) is 17.5 Å². The van der Waals surface area contributed by atoms with Gasteiger partial charge < -0.3 is 10.6 Å². The zero-order chi connectivity index (χ0) is 20.4. The Labute approximate surface area is 166 Å². The normalized spacial score (nSPS) is 12.2. The van der Waals surface area contributed by atoms with Crippen LogP contribution in [-0.4, -0.2) is 32.5 Å². The highest BCUT2D eigenvalue weighted by Crippen LogP contribution is 2.16. The molecule has 1 unspecified atom stereocenters. The Morgan fingerprint density at radius 3 is 2.18 bits per heavy atom. The van der Waals surface area contributed by atoms with Crippen LogP contribution in [-0.2, 0) is 25.2 Å². The second-order valence-electron chi connectivity index (χ2n) is 6.65. The highest BCUT2D eigenvalue weighted by Gasteiger charge is 2.17. The third-order valence-corrected chi connectivity index (χ3v) is 5.84. The third kappa shape index (κ3) is 7.92. The van der Waals surface area contributed by atoms with Crippen molar-refractivity contribution in [1.29, 1.82) is 0 Å². The number of hydrogen-bond acceptors (Lipinski definition) is 4. The van der Waals surface area contributed by atoms with Gasteiger partial charge in [0.1, 0.15) is 0 Å². The highest BCUT2D eigenvalue weighted by atomic mass is 32.2. The number of amides is 2. The summed E-state index contributed by atoms with van der Waals surface area (Å²) < 4.78 is 24.3. The van der Waals surface area contributed by atoms with E-state index in [0.717, 1.165) is 11.1 Å². The summed E-state index contributed by atoms with van der Waals surface area (Å²) in [5, 5.41) is 5.51. The minimum absolute atomic E-state index is 0.000396. The van der Waals surface area contributed by atoms with E-state index in [1.165, 1.54) is 6.92 Å². The van der Waals surface area contributed by atoms with Gasteiger partial charge in [0.2, 0.25) is 11.8 Å². The van der Waals surface area contributed by atoms with Crippen LogP contribution in [0, 0.1) is 0 Å². The van der Waals surface area contributed by atoms with Crippen molar-refractivity contribution in [2.75, 3.05) is 12.3 Å². The van der Waals surface area contributed by atoms with Gasteiger partial charge in [-0.25, -0.2) is 8.42 Å². The third-order valence-electron chi connectivity index (χ3n) is 4.15. The average Bonchev–Trinajstić information content (AvgIpc) is 2.65. The van der Waals surface area contributed by atoms with Crippen molar-refractivity contribution in [3.05, 3.63) is 71.8 Å². The number of hydrogen-bond donors (Lipinski definition) is 2. The summed E-state index contributed by atoms with van der Waals surface area (Å²) in [6.07, 6.45) is 0.442. The molecule has 2 aromatic rings. The summed E-state index contributed by atoms with van der Waals surface area (Å²) in [7, 11) is -3.22. The van der Waals surface area contributed by atoms with Gasteiger partial charge in [0.15, 0.2) is 9.84 Å². The maximum atomic E-state index is 12.2. The molecule has 0 radical (unpaired) electrons. The van der Waals surface area contributed by atoms with E-state index in [0.29, 0.717) is 6.42 Å².